The van der Waals surface area contributed by atoms with Crippen molar-refractivity contribution in [3.8, 4) is 11.5 Å². The number of hydrogen-bond acceptors (Lipinski definition) is 7. The Morgan fingerprint density at radius 2 is 1.58 bits per heavy atom. The van der Waals surface area contributed by atoms with Gasteiger partial charge in [0.15, 0.2) is 5.78 Å². The summed E-state index contributed by atoms with van der Waals surface area (Å²) < 4.78 is 9.50. The summed E-state index contributed by atoms with van der Waals surface area (Å²) >= 11 is 1.67. The molecule has 192 valence electrons. The molecule has 0 radical (unpaired) electrons. The van der Waals surface area contributed by atoms with Gasteiger partial charge in [-0.1, -0.05) is 60.3 Å². The van der Waals surface area contributed by atoms with Gasteiger partial charge in [-0.15, -0.1) is 0 Å². The SMILES string of the molecule is COC(=O)Nc1nc2ccc(Sc3ccccc3)cc2[nH]1.COc1ccc(C(=O)c2ccccc2)c(O)c1. The number of hydrogen-bond donors (Lipinski definition) is 3. The molecule has 0 atom stereocenters. The molecule has 1 amide bonds. The number of carbonyl (C=O) groups excluding carboxylic acids is 2. The number of aromatic amines is 1. The molecule has 0 aliphatic heterocycles. The third kappa shape index (κ3) is 6.71. The Balaban J connectivity index is 0.000000181. The first-order chi connectivity index (χ1) is 18.5. The molecule has 9 heteroatoms. The average molecular weight is 528 g/mol. The van der Waals surface area contributed by atoms with Gasteiger partial charge < -0.3 is 19.6 Å². The lowest BCUT2D eigenvalue weighted by molar-refractivity contribution is 0.103. The maximum Gasteiger partial charge on any atom is 0.413 e. The van der Waals surface area contributed by atoms with Gasteiger partial charge in [-0.25, -0.2) is 9.78 Å². The van der Waals surface area contributed by atoms with Crippen LogP contribution in [-0.2, 0) is 4.74 Å². The van der Waals surface area contributed by atoms with Gasteiger partial charge in [0, 0.05) is 21.4 Å². The van der Waals surface area contributed by atoms with Crippen molar-refractivity contribution in [2.24, 2.45) is 0 Å². The van der Waals surface area contributed by atoms with Gasteiger partial charge in [0.1, 0.15) is 11.5 Å². The number of aromatic nitrogens is 2. The minimum absolute atomic E-state index is 0.0711. The number of imidazole rings is 1. The standard InChI is InChI=1S/C15H13N3O2S.C14H12O3/c1-20-15(19)18-14-16-12-8-7-11(9-13(12)17-14)21-10-5-3-2-4-6-10;1-17-11-7-8-12(13(15)9-11)14(16)10-5-3-2-4-6-10/h2-9H,1H3,(H2,16,17,18,19);2-9,15H,1H3. The third-order valence-electron chi connectivity index (χ3n) is 5.32. The van der Waals surface area contributed by atoms with Crippen molar-refractivity contribution in [2.75, 3.05) is 19.5 Å². The summed E-state index contributed by atoms with van der Waals surface area (Å²) in [5, 5.41) is 12.3. The van der Waals surface area contributed by atoms with Crippen molar-refractivity contribution in [2.45, 2.75) is 9.79 Å². The van der Waals surface area contributed by atoms with Crippen LogP contribution in [0.15, 0.2) is 107 Å². The Labute approximate surface area is 223 Å². The van der Waals surface area contributed by atoms with E-state index in [1.165, 1.54) is 25.2 Å². The number of phenolic OH excluding ortho intramolecular Hbond substituents is 1. The number of anilines is 1. The Kier molecular flexibility index (Phi) is 8.63. The maximum atomic E-state index is 12.1. The van der Waals surface area contributed by atoms with Crippen molar-refractivity contribution in [1.82, 2.24) is 9.97 Å². The number of H-pyrrole nitrogens is 1. The summed E-state index contributed by atoms with van der Waals surface area (Å²) in [4.78, 5) is 32.8. The van der Waals surface area contributed by atoms with E-state index in [2.05, 4.69) is 32.2 Å². The molecule has 4 aromatic carbocycles. The second-order valence-corrected chi connectivity index (χ2v) is 9.02. The number of ether oxygens (including phenoxy) is 2. The van der Waals surface area contributed by atoms with Crippen LogP contribution in [0.4, 0.5) is 10.7 Å². The predicted molar refractivity (Wildman–Crippen MR) is 147 cm³/mol. The number of ketones is 1. The molecule has 1 heterocycles. The van der Waals surface area contributed by atoms with E-state index in [-0.39, 0.29) is 17.1 Å². The van der Waals surface area contributed by atoms with Crippen molar-refractivity contribution in [3.63, 3.8) is 0 Å². The highest BCUT2D eigenvalue weighted by molar-refractivity contribution is 7.99. The first kappa shape index (κ1) is 26.3. The fourth-order valence-corrected chi connectivity index (χ4v) is 4.34. The Bertz CT molecular complexity index is 1540. The van der Waals surface area contributed by atoms with E-state index in [9.17, 15) is 14.7 Å². The number of phenols is 1. The second kappa shape index (κ2) is 12.5. The quantitative estimate of drug-likeness (QED) is 0.215. The van der Waals surface area contributed by atoms with Crippen molar-refractivity contribution in [3.05, 3.63) is 108 Å². The van der Waals surface area contributed by atoms with E-state index in [0.29, 0.717) is 17.3 Å². The lowest BCUT2D eigenvalue weighted by Gasteiger charge is -2.06. The Morgan fingerprint density at radius 1 is 0.868 bits per heavy atom. The molecule has 0 aliphatic carbocycles. The van der Waals surface area contributed by atoms with Crippen molar-refractivity contribution >= 4 is 40.6 Å². The normalized spacial score (nSPS) is 10.3. The van der Waals surface area contributed by atoms with Gasteiger partial charge in [-0.3, -0.25) is 10.1 Å². The molecule has 5 rings (SSSR count). The number of aromatic hydroxyl groups is 1. The smallest absolute Gasteiger partial charge is 0.413 e. The fraction of sp³-hybridized carbons (Fsp3) is 0.0690. The number of amides is 1. The van der Waals surface area contributed by atoms with Gasteiger partial charge in [-0.05, 0) is 42.5 Å². The molecule has 3 N–H and O–H groups in total. The van der Waals surface area contributed by atoms with Crippen molar-refractivity contribution in [1.29, 1.82) is 0 Å². The monoisotopic (exact) mass is 527 g/mol. The lowest BCUT2D eigenvalue weighted by Crippen LogP contribution is -2.11. The highest BCUT2D eigenvalue weighted by atomic mass is 32.2. The van der Waals surface area contributed by atoms with E-state index in [1.807, 2.05) is 42.5 Å². The predicted octanol–water partition coefficient (Wildman–Crippen LogP) is 6.52. The largest absolute Gasteiger partial charge is 0.507 e. The zero-order valence-electron chi connectivity index (χ0n) is 20.7. The van der Waals surface area contributed by atoms with Crippen LogP contribution < -0.4 is 10.1 Å². The van der Waals surface area contributed by atoms with Gasteiger partial charge in [0.25, 0.3) is 0 Å². The zero-order valence-corrected chi connectivity index (χ0v) is 21.5. The Morgan fingerprint density at radius 3 is 2.24 bits per heavy atom. The number of methoxy groups -OCH3 is 2. The molecule has 0 saturated carbocycles. The van der Waals surface area contributed by atoms with E-state index in [1.54, 1.807) is 48.2 Å². The molecule has 0 aliphatic rings. The number of fused-ring (bicyclic) bond motifs is 1. The highest BCUT2D eigenvalue weighted by Crippen LogP contribution is 2.30. The molecule has 0 fully saturated rings. The van der Waals surface area contributed by atoms with E-state index in [4.69, 9.17) is 4.74 Å². The zero-order chi connectivity index (χ0) is 26.9. The molecule has 0 saturated heterocycles. The number of benzene rings is 4. The second-order valence-electron chi connectivity index (χ2n) is 7.87. The van der Waals surface area contributed by atoms with Crippen LogP contribution in [0, 0.1) is 0 Å². The van der Waals surface area contributed by atoms with Gasteiger partial charge in [0.05, 0.1) is 30.8 Å². The highest BCUT2D eigenvalue weighted by Gasteiger charge is 2.13. The molecule has 38 heavy (non-hydrogen) atoms. The van der Waals surface area contributed by atoms with Crippen LogP contribution in [0.2, 0.25) is 0 Å². The minimum Gasteiger partial charge on any atom is -0.507 e. The molecular weight excluding hydrogens is 502 g/mol. The van der Waals surface area contributed by atoms with Crippen LogP contribution in [0.5, 0.6) is 11.5 Å². The number of carbonyl (C=O) groups is 2. The van der Waals surface area contributed by atoms with E-state index >= 15 is 0 Å². The number of nitrogens with one attached hydrogen (secondary N) is 2. The molecule has 0 unspecified atom stereocenters. The summed E-state index contributed by atoms with van der Waals surface area (Å²) in [7, 11) is 2.82. The fourth-order valence-electron chi connectivity index (χ4n) is 3.46. The average Bonchev–Trinajstić information content (AvgIpc) is 3.35. The molecule has 5 aromatic rings. The number of rotatable bonds is 6. The van der Waals surface area contributed by atoms with Gasteiger partial charge >= 0.3 is 6.09 Å². The molecule has 1 aromatic heterocycles. The summed E-state index contributed by atoms with van der Waals surface area (Å²) in [6.45, 7) is 0. The first-order valence-corrected chi connectivity index (χ1v) is 12.3. The van der Waals surface area contributed by atoms with E-state index in [0.717, 1.165) is 15.9 Å². The van der Waals surface area contributed by atoms with Crippen LogP contribution in [0.25, 0.3) is 11.0 Å². The summed E-state index contributed by atoms with van der Waals surface area (Å²) in [6.07, 6.45) is -0.548. The van der Waals surface area contributed by atoms with Crippen molar-refractivity contribution < 1.29 is 24.2 Å². The van der Waals surface area contributed by atoms with Crippen LogP contribution >= 0.6 is 11.8 Å². The van der Waals surface area contributed by atoms with Crippen LogP contribution in [-0.4, -0.2) is 41.2 Å². The minimum atomic E-state index is -0.548. The van der Waals surface area contributed by atoms with Gasteiger partial charge in [-0.2, -0.15) is 0 Å². The van der Waals surface area contributed by atoms with Crippen LogP contribution in [0.3, 0.4) is 0 Å². The summed E-state index contributed by atoms with van der Waals surface area (Å²) in [5.41, 5.74) is 2.48. The molecule has 8 nitrogen and oxygen atoms in total. The van der Waals surface area contributed by atoms with Gasteiger partial charge in [0.2, 0.25) is 5.95 Å². The first-order valence-electron chi connectivity index (χ1n) is 11.5. The third-order valence-corrected chi connectivity index (χ3v) is 6.32. The summed E-state index contributed by atoms with van der Waals surface area (Å²) in [5.74, 6) is 0.620. The summed E-state index contributed by atoms with van der Waals surface area (Å²) in [6, 6.07) is 29.5. The molecular formula is C29H25N3O5S. The Hall–Kier alpha value is -4.76. The number of nitrogens with zero attached hydrogens (tertiary/aromatic N) is 1. The molecule has 0 spiro atoms. The van der Waals surface area contributed by atoms with E-state index < -0.39 is 6.09 Å². The van der Waals surface area contributed by atoms with Crippen LogP contribution in [0.1, 0.15) is 15.9 Å². The maximum absolute atomic E-state index is 12.1. The lowest BCUT2D eigenvalue weighted by atomic mass is 10.0. The molecule has 0 bridgehead atoms. The topological polar surface area (TPSA) is 114 Å².